The maximum Gasteiger partial charge on any atom is 0.142 e. The van der Waals surface area contributed by atoms with Crippen molar-refractivity contribution >= 4 is 28.5 Å². The van der Waals surface area contributed by atoms with E-state index in [0.717, 1.165) is 182 Å². The summed E-state index contributed by atoms with van der Waals surface area (Å²) in [4.78, 5) is 0. The first-order valence-electron chi connectivity index (χ1n) is 27.8. The Hall–Kier alpha value is -2.42. The van der Waals surface area contributed by atoms with Crippen LogP contribution in [0.4, 0.5) is 0 Å². The Kier molecular flexibility index (Phi) is 132. The predicted octanol–water partition coefficient (Wildman–Crippen LogP) is 1.82. The highest BCUT2D eigenvalue weighted by molar-refractivity contribution is 6.47. The molecule has 0 heterocycles. The highest BCUT2D eigenvalue weighted by Crippen LogP contribution is 1.94. The van der Waals surface area contributed by atoms with E-state index in [4.69, 9.17) is 61.2 Å². The van der Waals surface area contributed by atoms with Crippen molar-refractivity contribution in [3.63, 3.8) is 0 Å². The Morgan fingerprint density at radius 1 is 0.184 bits per heavy atom. The minimum absolute atomic E-state index is 0.917. The molecule has 0 aliphatic heterocycles. The second kappa shape index (κ2) is 98.1. The van der Waals surface area contributed by atoms with Crippen LogP contribution in [-0.2, 0) is 34.9 Å². The average molecular weight is 1100 g/mol. The summed E-state index contributed by atoms with van der Waals surface area (Å²) in [5.41, 5.74) is 0. The monoisotopic (exact) mass is 1100 g/mol. The Bertz CT molecular complexity index is 834. The summed E-state index contributed by atoms with van der Waals surface area (Å²) in [6.45, 7) is 78.1. The zero-order valence-electron chi connectivity index (χ0n) is 53.6. The number of nitrogens with zero attached hydrogens (tertiary/aromatic N) is 4. The fourth-order valence-electron chi connectivity index (χ4n) is 4.90. The Morgan fingerprint density at radius 3 is 0.224 bits per heavy atom. The van der Waals surface area contributed by atoms with Gasteiger partial charge in [0.15, 0.2) is 0 Å². The fraction of sp³-hybridized carbons (Fsp3) is 0.923. The van der Waals surface area contributed by atoms with Gasteiger partial charge in [-0.3, -0.25) is 0 Å². The van der Waals surface area contributed by atoms with Crippen molar-refractivity contribution < 1.29 is 75.1 Å². The van der Waals surface area contributed by atoms with E-state index in [-0.39, 0.29) is 0 Å². The van der Waals surface area contributed by atoms with Gasteiger partial charge in [0.05, 0.1) is 0 Å². The van der Waals surface area contributed by atoms with Gasteiger partial charge in [0, 0.05) is 195 Å². The molecular weight excluding hydrogens is 980 g/mol. The number of hydrogen-bond acceptors (Lipinski definition) is 12. The zero-order valence-corrected chi connectivity index (χ0v) is 53.6. The van der Waals surface area contributed by atoms with E-state index in [1.54, 1.807) is 0 Å². The Balaban J connectivity index is -0.0000000589. The van der Waals surface area contributed by atoms with Gasteiger partial charge in [-0.15, -0.1) is 0 Å². The SMILES string of the molecule is CC[O+](CC)CC.CC[O+](CC)CC.CC[O+](CC)CC.CC[O+](CC)CC.CC[O+](CC)CC.CC[O+](CC)CC.CC[O+](CC)CC.CC[O+](CC)CC.N#CB([O-])[O-].N#CB([O-])[O-].N#CB([O-])[O-].N#CB([O-])[O-]. The van der Waals surface area contributed by atoms with Gasteiger partial charge in [-0.1, -0.05) is 0 Å². The molecule has 0 spiro atoms. The van der Waals surface area contributed by atoms with Crippen molar-refractivity contribution in [1.82, 2.24) is 0 Å². The summed E-state index contributed by atoms with van der Waals surface area (Å²) in [6, 6.07) is 0. The molecule has 24 heteroatoms. The molecule has 0 aromatic rings. The molecule has 0 atom stereocenters. The van der Waals surface area contributed by atoms with Crippen molar-refractivity contribution in [3.8, 4) is 23.9 Å². The molecule has 0 aliphatic rings. The van der Waals surface area contributed by atoms with E-state index in [9.17, 15) is 0 Å². The highest BCUT2D eigenvalue weighted by Gasteiger charge is 1.98. The van der Waals surface area contributed by atoms with Gasteiger partial charge >= 0.3 is 0 Å². The largest absolute Gasteiger partial charge is 0.881 e. The molecule has 0 rings (SSSR count). The molecule has 0 aromatic carbocycles. The quantitative estimate of drug-likeness (QED) is 0.0988. The lowest BCUT2D eigenvalue weighted by molar-refractivity contribution is -0.342. The molecule has 0 saturated heterocycles. The molecule has 0 N–H and O–H groups in total. The predicted molar refractivity (Wildman–Crippen MR) is 307 cm³/mol. The number of hydrogen-bond donors (Lipinski definition) is 0. The van der Waals surface area contributed by atoms with Gasteiger partial charge in [-0.25, -0.2) is 21.0 Å². The molecule has 0 unspecified atom stereocenters. The van der Waals surface area contributed by atoms with Crippen LogP contribution >= 0.6 is 0 Å². The van der Waals surface area contributed by atoms with Crippen LogP contribution in [0.3, 0.4) is 0 Å². The standard InChI is InChI=1S/8C6H15O.4CBNO2/c8*1-4-7(5-2)6-3;4*3-1-2(4)5/h8*4-6H2,1-3H3;;;;/q8*+1;4*-2. The molecule has 0 fully saturated rings. The first kappa shape index (κ1) is 102. The molecule has 0 amide bonds. The maximum absolute atomic E-state index is 8.98. The van der Waals surface area contributed by atoms with Gasteiger partial charge < -0.3 is 75.1 Å². The lowest BCUT2D eigenvalue weighted by Gasteiger charge is -2.12. The zero-order chi connectivity index (χ0) is 62.7. The smallest absolute Gasteiger partial charge is 0.142 e. The van der Waals surface area contributed by atoms with Crippen LogP contribution in [0.2, 0.25) is 0 Å². The molecular formula is C52H120B4N4O16. The van der Waals surface area contributed by atoms with E-state index in [1.807, 2.05) is 0 Å². The van der Waals surface area contributed by atoms with Gasteiger partial charge in [-0.05, 0) is 23.9 Å². The summed E-state index contributed by atoms with van der Waals surface area (Å²) in [5.74, 6) is 3.67. The Labute approximate surface area is 471 Å². The topological polar surface area (TPSA) is 301 Å². The minimum Gasteiger partial charge on any atom is -0.881 e. The second-order valence-electron chi connectivity index (χ2n) is 13.7. The third-order valence-corrected chi connectivity index (χ3v) is 10.2. The van der Waals surface area contributed by atoms with Gasteiger partial charge in [0.2, 0.25) is 0 Å². The lowest BCUT2D eigenvalue weighted by atomic mass is 9.97. The minimum atomic E-state index is -2.31. The van der Waals surface area contributed by atoms with Gasteiger partial charge in [0.25, 0.3) is 0 Å². The van der Waals surface area contributed by atoms with Crippen molar-refractivity contribution in [2.45, 2.75) is 166 Å². The molecule has 20 nitrogen and oxygen atoms in total. The van der Waals surface area contributed by atoms with Crippen LogP contribution in [0.5, 0.6) is 0 Å². The van der Waals surface area contributed by atoms with Crippen molar-refractivity contribution in [2.75, 3.05) is 159 Å². The van der Waals surface area contributed by atoms with Crippen LogP contribution in [0.25, 0.3) is 0 Å². The summed E-state index contributed by atoms with van der Waals surface area (Å²) in [7, 11) is -9.24. The van der Waals surface area contributed by atoms with Crippen LogP contribution in [0, 0.1) is 44.9 Å². The summed E-state index contributed by atoms with van der Waals surface area (Å²) in [6.07, 6.45) is 0. The van der Waals surface area contributed by atoms with E-state index in [1.165, 1.54) is 0 Å². The first-order valence-corrected chi connectivity index (χ1v) is 27.8. The lowest BCUT2D eigenvalue weighted by Crippen LogP contribution is -2.43. The van der Waals surface area contributed by atoms with Crippen LogP contribution in [0.15, 0.2) is 0 Å². The number of nitriles is 4. The van der Waals surface area contributed by atoms with Crippen LogP contribution in [-0.4, -0.2) is 187 Å². The van der Waals surface area contributed by atoms with Crippen LogP contribution < -0.4 is 40.2 Å². The highest BCUT2D eigenvalue weighted by atomic mass is 16.7. The molecule has 0 saturated carbocycles. The molecule has 0 aliphatic carbocycles. The van der Waals surface area contributed by atoms with Crippen LogP contribution in [0.1, 0.15) is 166 Å². The summed E-state index contributed by atoms with van der Waals surface area (Å²) < 4.78 is 24.6. The van der Waals surface area contributed by atoms with Gasteiger partial charge in [-0.2, -0.15) is 0 Å². The number of rotatable bonds is 24. The van der Waals surface area contributed by atoms with Crippen molar-refractivity contribution in [1.29, 1.82) is 21.0 Å². The van der Waals surface area contributed by atoms with E-state index in [0.29, 0.717) is 0 Å². The second-order valence-corrected chi connectivity index (χ2v) is 13.7. The molecule has 456 valence electrons. The summed E-state index contributed by atoms with van der Waals surface area (Å²) >= 11 is 0. The molecule has 0 bridgehead atoms. The third kappa shape index (κ3) is 124. The molecule has 0 aromatic heterocycles. The fourth-order valence-corrected chi connectivity index (χ4v) is 4.90. The van der Waals surface area contributed by atoms with E-state index in [2.05, 4.69) is 201 Å². The van der Waals surface area contributed by atoms with Crippen molar-refractivity contribution in [3.05, 3.63) is 0 Å². The van der Waals surface area contributed by atoms with Gasteiger partial charge in [0.1, 0.15) is 159 Å². The summed E-state index contributed by atoms with van der Waals surface area (Å²) in [5, 5.41) is 101. The van der Waals surface area contributed by atoms with Crippen molar-refractivity contribution in [2.24, 2.45) is 0 Å². The van der Waals surface area contributed by atoms with E-state index < -0.39 is 28.5 Å². The third-order valence-electron chi connectivity index (χ3n) is 10.2. The average Bonchev–Trinajstić information content (AvgIpc) is 3.44. The molecule has 76 heavy (non-hydrogen) atoms. The Morgan fingerprint density at radius 2 is 0.224 bits per heavy atom. The van der Waals surface area contributed by atoms with E-state index >= 15 is 0 Å². The normalized spacial score (nSPS) is 9.11. The maximum atomic E-state index is 8.98. The molecule has 0 radical (unpaired) electrons. The first-order chi connectivity index (χ1) is 35.8.